The molecule has 5 nitrogen and oxygen atoms in total. The largest absolute Gasteiger partial charge is 0.355 e. The Balaban J connectivity index is 1.33. The standard InChI is InChI=1S/C21H28ClN3O2/c22-17-6-3-7-18(12-17)25-14-16(11-20(25)26)21(27)23-13-15-5-4-10-24-9-2-1-8-19(15)24/h3,6-7,12,15-16,19H,1-2,4-5,8-11,13-14H2,(H,23,27)/t15-,16+,19-/m0/s1. The summed E-state index contributed by atoms with van der Waals surface area (Å²) in [5, 5.41) is 3.76. The number of anilines is 1. The molecule has 3 fully saturated rings. The Hall–Kier alpha value is -1.59. The van der Waals surface area contributed by atoms with Gasteiger partial charge >= 0.3 is 0 Å². The summed E-state index contributed by atoms with van der Waals surface area (Å²) in [5.74, 6) is 0.279. The fourth-order valence-corrected chi connectivity index (χ4v) is 5.15. The molecular formula is C21H28ClN3O2. The van der Waals surface area contributed by atoms with Gasteiger partial charge in [0.2, 0.25) is 11.8 Å². The number of amides is 2. The lowest BCUT2D eigenvalue weighted by molar-refractivity contribution is -0.126. The van der Waals surface area contributed by atoms with Crippen LogP contribution in [0.3, 0.4) is 0 Å². The maximum Gasteiger partial charge on any atom is 0.227 e. The van der Waals surface area contributed by atoms with Gasteiger partial charge in [0.15, 0.2) is 0 Å². The summed E-state index contributed by atoms with van der Waals surface area (Å²) < 4.78 is 0. The van der Waals surface area contributed by atoms with Crippen LogP contribution in [0.25, 0.3) is 0 Å². The predicted octanol–water partition coefficient (Wildman–Crippen LogP) is 3.07. The molecule has 3 atom stereocenters. The van der Waals surface area contributed by atoms with Gasteiger partial charge in [-0.3, -0.25) is 9.59 Å². The molecule has 0 saturated carbocycles. The minimum absolute atomic E-state index is 0.00598. The molecule has 0 aromatic heterocycles. The quantitative estimate of drug-likeness (QED) is 0.861. The number of hydrogen-bond donors (Lipinski definition) is 1. The molecule has 3 aliphatic rings. The molecule has 3 heterocycles. The molecule has 1 aromatic rings. The van der Waals surface area contributed by atoms with Crippen LogP contribution in [0.15, 0.2) is 24.3 Å². The second kappa shape index (κ2) is 8.19. The molecule has 0 bridgehead atoms. The first kappa shape index (κ1) is 18.8. The molecular weight excluding hydrogens is 362 g/mol. The van der Waals surface area contributed by atoms with E-state index in [0.717, 1.165) is 12.2 Å². The number of benzene rings is 1. The molecule has 2 amide bonds. The smallest absolute Gasteiger partial charge is 0.227 e. The average molecular weight is 390 g/mol. The number of halogens is 1. The summed E-state index contributed by atoms with van der Waals surface area (Å²) in [4.78, 5) is 29.4. The Morgan fingerprint density at radius 2 is 2.04 bits per heavy atom. The van der Waals surface area contributed by atoms with Crippen molar-refractivity contribution in [1.82, 2.24) is 10.2 Å². The van der Waals surface area contributed by atoms with Crippen molar-refractivity contribution >= 4 is 29.1 Å². The SMILES string of the molecule is O=C(NC[C@@H]1CCCN2CCCC[C@@H]12)[C@@H]1CC(=O)N(c2cccc(Cl)c2)C1. The van der Waals surface area contributed by atoms with Crippen LogP contribution in [-0.2, 0) is 9.59 Å². The fourth-order valence-electron chi connectivity index (χ4n) is 4.97. The van der Waals surface area contributed by atoms with Gasteiger partial charge in [-0.05, 0) is 62.9 Å². The van der Waals surface area contributed by atoms with E-state index in [9.17, 15) is 9.59 Å². The molecule has 0 spiro atoms. The van der Waals surface area contributed by atoms with Gasteiger partial charge in [0.05, 0.1) is 5.92 Å². The predicted molar refractivity (Wildman–Crippen MR) is 107 cm³/mol. The molecule has 3 saturated heterocycles. The highest BCUT2D eigenvalue weighted by atomic mass is 35.5. The summed E-state index contributed by atoms with van der Waals surface area (Å²) in [6.45, 7) is 3.59. The van der Waals surface area contributed by atoms with Crippen molar-refractivity contribution < 1.29 is 9.59 Å². The van der Waals surface area contributed by atoms with Gasteiger partial charge in [0, 0.05) is 36.3 Å². The van der Waals surface area contributed by atoms with Gasteiger partial charge in [-0.15, -0.1) is 0 Å². The number of rotatable bonds is 4. The second-order valence-electron chi connectivity index (χ2n) is 8.13. The van der Waals surface area contributed by atoms with Gasteiger partial charge in [-0.1, -0.05) is 24.1 Å². The zero-order chi connectivity index (χ0) is 18.8. The fraction of sp³-hybridized carbons (Fsp3) is 0.619. The normalized spacial score (nSPS) is 28.9. The Bertz CT molecular complexity index is 708. The monoisotopic (exact) mass is 389 g/mol. The Labute approximate surface area is 166 Å². The highest BCUT2D eigenvalue weighted by Gasteiger charge is 2.37. The van der Waals surface area contributed by atoms with E-state index in [2.05, 4.69) is 10.2 Å². The van der Waals surface area contributed by atoms with E-state index in [-0.39, 0.29) is 24.2 Å². The topological polar surface area (TPSA) is 52.7 Å². The molecule has 0 aliphatic carbocycles. The average Bonchev–Trinajstić information content (AvgIpc) is 3.08. The zero-order valence-electron chi connectivity index (χ0n) is 15.7. The van der Waals surface area contributed by atoms with Crippen LogP contribution in [0.2, 0.25) is 5.02 Å². The first-order valence-electron chi connectivity index (χ1n) is 10.2. The lowest BCUT2D eigenvalue weighted by Gasteiger charge is -2.44. The van der Waals surface area contributed by atoms with E-state index in [1.807, 2.05) is 12.1 Å². The summed E-state index contributed by atoms with van der Waals surface area (Å²) in [7, 11) is 0. The van der Waals surface area contributed by atoms with Crippen LogP contribution in [0.5, 0.6) is 0 Å². The third-order valence-corrected chi connectivity index (χ3v) is 6.62. The van der Waals surface area contributed by atoms with Crippen molar-refractivity contribution in [3.05, 3.63) is 29.3 Å². The van der Waals surface area contributed by atoms with Crippen molar-refractivity contribution in [3.8, 4) is 0 Å². The number of piperidine rings is 2. The summed E-state index contributed by atoms with van der Waals surface area (Å²) in [6, 6.07) is 7.88. The van der Waals surface area contributed by atoms with E-state index >= 15 is 0 Å². The number of nitrogens with one attached hydrogen (secondary N) is 1. The number of hydrogen-bond acceptors (Lipinski definition) is 3. The number of carbonyl (C=O) groups excluding carboxylic acids is 2. The lowest BCUT2D eigenvalue weighted by Crippen LogP contribution is -2.51. The molecule has 6 heteroatoms. The van der Waals surface area contributed by atoms with Crippen LogP contribution >= 0.6 is 11.6 Å². The second-order valence-corrected chi connectivity index (χ2v) is 8.57. The van der Waals surface area contributed by atoms with Crippen LogP contribution in [0.1, 0.15) is 38.5 Å². The van der Waals surface area contributed by atoms with Gasteiger partial charge < -0.3 is 15.1 Å². The Kier molecular flexibility index (Phi) is 5.69. The highest BCUT2D eigenvalue weighted by Crippen LogP contribution is 2.31. The van der Waals surface area contributed by atoms with Gasteiger partial charge in [0.25, 0.3) is 0 Å². The maximum absolute atomic E-state index is 12.7. The van der Waals surface area contributed by atoms with Crippen LogP contribution in [-0.4, -0.2) is 48.9 Å². The molecule has 1 aromatic carbocycles. The van der Waals surface area contributed by atoms with Crippen molar-refractivity contribution in [2.24, 2.45) is 11.8 Å². The highest BCUT2D eigenvalue weighted by molar-refractivity contribution is 6.30. The zero-order valence-corrected chi connectivity index (χ0v) is 16.5. The van der Waals surface area contributed by atoms with E-state index in [4.69, 9.17) is 11.6 Å². The summed E-state index contributed by atoms with van der Waals surface area (Å²) >= 11 is 6.04. The molecule has 3 aliphatic heterocycles. The molecule has 0 unspecified atom stereocenters. The molecule has 146 valence electrons. The van der Waals surface area contributed by atoms with Gasteiger partial charge in [-0.25, -0.2) is 0 Å². The summed E-state index contributed by atoms with van der Waals surface area (Å²) in [6.07, 6.45) is 6.56. The Morgan fingerprint density at radius 3 is 2.89 bits per heavy atom. The number of nitrogens with zero attached hydrogens (tertiary/aromatic N) is 2. The van der Waals surface area contributed by atoms with Gasteiger partial charge in [0.1, 0.15) is 0 Å². The minimum atomic E-state index is -0.275. The molecule has 27 heavy (non-hydrogen) atoms. The van der Waals surface area contributed by atoms with Crippen LogP contribution in [0, 0.1) is 11.8 Å². The van der Waals surface area contributed by atoms with E-state index < -0.39 is 0 Å². The summed E-state index contributed by atoms with van der Waals surface area (Å²) in [5.41, 5.74) is 0.771. The lowest BCUT2D eigenvalue weighted by atomic mass is 9.83. The van der Waals surface area contributed by atoms with Crippen molar-refractivity contribution in [2.75, 3.05) is 31.1 Å². The van der Waals surface area contributed by atoms with Gasteiger partial charge in [-0.2, -0.15) is 0 Å². The van der Waals surface area contributed by atoms with Crippen molar-refractivity contribution in [2.45, 2.75) is 44.6 Å². The third-order valence-electron chi connectivity index (χ3n) is 6.38. The van der Waals surface area contributed by atoms with E-state index in [0.29, 0.717) is 23.5 Å². The van der Waals surface area contributed by atoms with Crippen LogP contribution in [0.4, 0.5) is 5.69 Å². The first-order valence-corrected chi connectivity index (χ1v) is 10.6. The Morgan fingerprint density at radius 1 is 1.19 bits per heavy atom. The minimum Gasteiger partial charge on any atom is -0.355 e. The van der Waals surface area contributed by atoms with E-state index in [1.165, 1.54) is 45.2 Å². The maximum atomic E-state index is 12.7. The number of fused-ring (bicyclic) bond motifs is 1. The van der Waals surface area contributed by atoms with Crippen LogP contribution < -0.4 is 10.2 Å². The molecule has 1 N–H and O–H groups in total. The van der Waals surface area contributed by atoms with Crippen molar-refractivity contribution in [1.29, 1.82) is 0 Å². The van der Waals surface area contributed by atoms with E-state index in [1.54, 1.807) is 17.0 Å². The first-order chi connectivity index (χ1) is 13.1. The van der Waals surface area contributed by atoms with Crippen molar-refractivity contribution in [3.63, 3.8) is 0 Å². The molecule has 0 radical (unpaired) electrons. The number of carbonyl (C=O) groups is 2. The third kappa shape index (κ3) is 4.14. The molecule has 4 rings (SSSR count).